The molecule has 0 radical (unpaired) electrons. The van der Waals surface area contributed by atoms with Crippen LogP contribution in [-0.4, -0.2) is 21.4 Å². The lowest BCUT2D eigenvalue weighted by Gasteiger charge is -2.10. The number of carbonyl (C=O) groups excluding carboxylic acids is 1. The van der Waals surface area contributed by atoms with Gasteiger partial charge in [0.15, 0.2) is 5.75 Å². The van der Waals surface area contributed by atoms with Crippen LogP contribution >= 0.6 is 15.9 Å². The van der Waals surface area contributed by atoms with Crippen molar-refractivity contribution in [3.05, 3.63) is 88.2 Å². The van der Waals surface area contributed by atoms with Gasteiger partial charge in [-0.05, 0) is 88.2 Å². The van der Waals surface area contributed by atoms with Crippen molar-refractivity contribution in [1.29, 1.82) is 5.26 Å². The zero-order valence-electron chi connectivity index (χ0n) is 17.1. The Morgan fingerprint density at radius 3 is 2.33 bits per heavy atom. The fraction of sp³-hybridized carbons (Fsp3) is 0.0435. The Morgan fingerprint density at radius 2 is 1.76 bits per heavy atom. The smallest absolute Gasteiger partial charge is 0.339 e. The molecule has 3 aromatic rings. The molecule has 10 heteroatoms. The van der Waals surface area contributed by atoms with Gasteiger partial charge in [0.1, 0.15) is 28.1 Å². The Morgan fingerprint density at radius 1 is 1.09 bits per heavy atom. The molecule has 0 spiro atoms. The molecule has 0 aliphatic heterocycles. The van der Waals surface area contributed by atoms with Crippen LogP contribution in [0.15, 0.2) is 81.7 Å². The molecule has 0 aliphatic carbocycles. The molecule has 0 atom stereocenters. The van der Waals surface area contributed by atoms with Crippen molar-refractivity contribution in [2.75, 3.05) is 12.4 Å². The average Bonchev–Trinajstić information content (AvgIpc) is 2.80. The molecule has 33 heavy (non-hydrogen) atoms. The quantitative estimate of drug-likeness (QED) is 0.264. The second-order valence-corrected chi connectivity index (χ2v) is 8.93. The number of ether oxygens (including phenoxy) is 1. The Labute approximate surface area is 198 Å². The second-order valence-electron chi connectivity index (χ2n) is 6.53. The molecule has 0 saturated carbocycles. The van der Waals surface area contributed by atoms with Crippen LogP contribution in [0.5, 0.6) is 11.5 Å². The standard InChI is InChI=1S/C23H16BrFN2O5S/c1-31-19-7-9-20(10-8-19)33(29,30)32-22-11-2-15(13-21(22)24)12-16(14-26)23(28)27-18-5-3-17(25)4-6-18/h2-13H,1H3,(H,27,28)/b16-12+. The van der Waals surface area contributed by atoms with Gasteiger partial charge in [0, 0.05) is 5.69 Å². The third kappa shape index (κ3) is 6.19. The lowest BCUT2D eigenvalue weighted by molar-refractivity contribution is -0.112. The molecule has 1 amide bonds. The van der Waals surface area contributed by atoms with Gasteiger partial charge in [0.05, 0.1) is 11.6 Å². The molecule has 168 valence electrons. The monoisotopic (exact) mass is 530 g/mol. The molecule has 7 nitrogen and oxygen atoms in total. The van der Waals surface area contributed by atoms with E-state index in [0.29, 0.717) is 21.5 Å². The topological polar surface area (TPSA) is 105 Å². The third-order valence-electron chi connectivity index (χ3n) is 4.28. The molecule has 0 unspecified atom stereocenters. The maximum Gasteiger partial charge on any atom is 0.339 e. The van der Waals surface area contributed by atoms with Gasteiger partial charge in [-0.1, -0.05) is 6.07 Å². The normalized spacial score (nSPS) is 11.4. The van der Waals surface area contributed by atoms with Crippen molar-refractivity contribution in [2.45, 2.75) is 4.90 Å². The summed E-state index contributed by atoms with van der Waals surface area (Å²) in [6, 6.07) is 17.0. The maximum atomic E-state index is 13.0. The number of hydrogen-bond acceptors (Lipinski definition) is 6. The van der Waals surface area contributed by atoms with Crippen LogP contribution in [0.4, 0.5) is 10.1 Å². The fourth-order valence-electron chi connectivity index (χ4n) is 2.63. The number of methoxy groups -OCH3 is 1. The number of nitriles is 1. The number of hydrogen-bond donors (Lipinski definition) is 1. The van der Waals surface area contributed by atoms with E-state index < -0.39 is 21.8 Å². The molecular weight excluding hydrogens is 515 g/mol. The van der Waals surface area contributed by atoms with Crippen molar-refractivity contribution >= 4 is 43.7 Å². The molecule has 3 aromatic carbocycles. The Balaban J connectivity index is 1.78. The molecule has 0 heterocycles. The van der Waals surface area contributed by atoms with Crippen LogP contribution in [0.2, 0.25) is 0 Å². The number of nitrogens with one attached hydrogen (secondary N) is 1. The van der Waals surface area contributed by atoms with Gasteiger partial charge in [-0.2, -0.15) is 13.7 Å². The first-order valence-corrected chi connectivity index (χ1v) is 11.5. The van der Waals surface area contributed by atoms with E-state index in [-0.39, 0.29) is 16.2 Å². The van der Waals surface area contributed by atoms with E-state index in [4.69, 9.17) is 8.92 Å². The van der Waals surface area contributed by atoms with Crippen molar-refractivity contribution in [1.82, 2.24) is 0 Å². The van der Waals surface area contributed by atoms with Gasteiger partial charge in [0.2, 0.25) is 0 Å². The number of carbonyl (C=O) groups is 1. The summed E-state index contributed by atoms with van der Waals surface area (Å²) >= 11 is 3.25. The zero-order chi connectivity index (χ0) is 24.0. The molecule has 3 rings (SSSR count). The maximum absolute atomic E-state index is 13.0. The van der Waals surface area contributed by atoms with Crippen LogP contribution < -0.4 is 14.2 Å². The van der Waals surface area contributed by atoms with Crippen LogP contribution in [0.3, 0.4) is 0 Å². The first-order chi connectivity index (χ1) is 15.7. The molecule has 0 fully saturated rings. The minimum atomic E-state index is -4.10. The van der Waals surface area contributed by atoms with E-state index in [1.54, 1.807) is 0 Å². The average molecular weight is 531 g/mol. The second kappa shape index (κ2) is 10.3. The van der Waals surface area contributed by atoms with E-state index in [1.165, 1.54) is 79.9 Å². The molecule has 0 saturated heterocycles. The van der Waals surface area contributed by atoms with Crippen molar-refractivity contribution < 1.29 is 26.5 Å². The summed E-state index contributed by atoms with van der Waals surface area (Å²) in [7, 11) is -2.63. The summed E-state index contributed by atoms with van der Waals surface area (Å²) < 4.78 is 48.6. The summed E-state index contributed by atoms with van der Waals surface area (Å²) in [5, 5.41) is 11.9. The number of anilines is 1. The van der Waals surface area contributed by atoms with Crippen LogP contribution in [0.25, 0.3) is 6.08 Å². The predicted molar refractivity (Wildman–Crippen MR) is 124 cm³/mol. The minimum Gasteiger partial charge on any atom is -0.497 e. The van der Waals surface area contributed by atoms with Gasteiger partial charge in [-0.25, -0.2) is 4.39 Å². The summed E-state index contributed by atoms with van der Waals surface area (Å²) in [5.74, 6) is -0.604. The Kier molecular flexibility index (Phi) is 7.48. The van der Waals surface area contributed by atoms with E-state index in [0.717, 1.165) is 0 Å². The number of halogens is 2. The van der Waals surface area contributed by atoms with E-state index >= 15 is 0 Å². The zero-order valence-corrected chi connectivity index (χ0v) is 19.5. The first-order valence-electron chi connectivity index (χ1n) is 9.28. The van der Waals surface area contributed by atoms with Gasteiger partial charge in [-0.3, -0.25) is 4.79 Å². The number of nitrogens with zero attached hydrogens (tertiary/aromatic N) is 1. The lowest BCUT2D eigenvalue weighted by atomic mass is 10.1. The highest BCUT2D eigenvalue weighted by atomic mass is 79.9. The van der Waals surface area contributed by atoms with E-state index in [9.17, 15) is 22.9 Å². The summed E-state index contributed by atoms with van der Waals surface area (Å²) in [4.78, 5) is 12.3. The predicted octanol–water partition coefficient (Wildman–Crippen LogP) is 4.91. The highest BCUT2D eigenvalue weighted by Crippen LogP contribution is 2.30. The van der Waals surface area contributed by atoms with Crippen molar-refractivity contribution in [3.8, 4) is 17.6 Å². The van der Waals surface area contributed by atoms with Crippen molar-refractivity contribution in [3.63, 3.8) is 0 Å². The number of benzene rings is 3. The van der Waals surface area contributed by atoms with E-state index in [2.05, 4.69) is 21.2 Å². The first kappa shape index (κ1) is 24.0. The van der Waals surface area contributed by atoms with Crippen LogP contribution in [-0.2, 0) is 14.9 Å². The van der Waals surface area contributed by atoms with Crippen LogP contribution in [0.1, 0.15) is 5.56 Å². The lowest BCUT2D eigenvalue weighted by Crippen LogP contribution is -2.13. The summed E-state index contributed by atoms with van der Waals surface area (Å²) in [6.45, 7) is 0. The van der Waals surface area contributed by atoms with Crippen molar-refractivity contribution in [2.24, 2.45) is 0 Å². The van der Waals surface area contributed by atoms with Crippen LogP contribution in [0, 0.1) is 17.1 Å². The highest BCUT2D eigenvalue weighted by molar-refractivity contribution is 9.10. The largest absolute Gasteiger partial charge is 0.497 e. The molecular formula is C23H16BrFN2O5S. The molecule has 0 bridgehead atoms. The van der Waals surface area contributed by atoms with Gasteiger partial charge in [-0.15, -0.1) is 0 Å². The molecule has 0 aromatic heterocycles. The van der Waals surface area contributed by atoms with Gasteiger partial charge in [0.25, 0.3) is 5.91 Å². The van der Waals surface area contributed by atoms with Gasteiger partial charge < -0.3 is 14.2 Å². The Hall–Kier alpha value is -3.68. The molecule has 0 aliphatic rings. The van der Waals surface area contributed by atoms with E-state index in [1.807, 2.05) is 6.07 Å². The third-order valence-corrected chi connectivity index (χ3v) is 6.15. The SMILES string of the molecule is COc1ccc(S(=O)(=O)Oc2ccc(/C=C(\C#N)C(=O)Nc3ccc(F)cc3)cc2Br)cc1. The highest BCUT2D eigenvalue weighted by Gasteiger charge is 2.19. The summed E-state index contributed by atoms with van der Waals surface area (Å²) in [5.41, 5.74) is 0.573. The number of rotatable bonds is 7. The fourth-order valence-corrected chi connectivity index (χ4v) is 4.16. The summed E-state index contributed by atoms with van der Waals surface area (Å²) in [6.07, 6.45) is 1.32. The molecule has 1 N–H and O–H groups in total. The van der Waals surface area contributed by atoms with Gasteiger partial charge >= 0.3 is 10.1 Å². The Bertz CT molecular complexity index is 1350. The minimum absolute atomic E-state index is 0.0252. The number of amides is 1.